The Morgan fingerprint density at radius 1 is 1.28 bits per heavy atom. The van der Waals surface area contributed by atoms with Gasteiger partial charge in [-0.05, 0) is 28.0 Å². The number of benzene rings is 2. The minimum atomic E-state index is -0.976. The van der Waals surface area contributed by atoms with Crippen LogP contribution in [0.5, 0.6) is 0 Å². The predicted octanol–water partition coefficient (Wildman–Crippen LogP) is 1.91. The van der Waals surface area contributed by atoms with Gasteiger partial charge in [-0.3, -0.25) is 4.79 Å². The topological polar surface area (TPSA) is 143 Å². The standard InChI is InChI=1S/C21H22ClN5O4S/c22-15-6-12-10-31-9-11-2-1-3-14(17(11)12)18(15)19-25-20(23)27-21(26-19)32-5-4-16(30)24-7-13(29)8-28/h1-3,6,13,28-29H,4-5,7-10H2,(H,24,30)(H2,23,25,26,27). The van der Waals surface area contributed by atoms with E-state index in [1.54, 1.807) is 0 Å². The van der Waals surface area contributed by atoms with Crippen molar-refractivity contribution in [1.29, 1.82) is 0 Å². The molecule has 168 valence electrons. The van der Waals surface area contributed by atoms with E-state index in [2.05, 4.69) is 20.3 Å². The molecule has 1 atom stereocenters. The third-order valence-electron chi connectivity index (χ3n) is 4.96. The van der Waals surface area contributed by atoms with Crippen molar-refractivity contribution in [1.82, 2.24) is 20.3 Å². The molecule has 0 saturated heterocycles. The van der Waals surface area contributed by atoms with Gasteiger partial charge in [0.2, 0.25) is 11.9 Å². The molecule has 0 saturated carbocycles. The highest BCUT2D eigenvalue weighted by molar-refractivity contribution is 7.99. The van der Waals surface area contributed by atoms with Gasteiger partial charge in [-0.15, -0.1) is 0 Å². The van der Waals surface area contributed by atoms with Crippen LogP contribution in [0.3, 0.4) is 0 Å². The number of thioether (sulfide) groups is 1. The first-order valence-corrected chi connectivity index (χ1v) is 11.3. The number of anilines is 1. The van der Waals surface area contributed by atoms with Gasteiger partial charge in [0.05, 0.1) is 30.9 Å². The summed E-state index contributed by atoms with van der Waals surface area (Å²) in [5.41, 5.74) is 8.73. The molecule has 1 aromatic heterocycles. The fourth-order valence-corrected chi connectivity index (χ4v) is 4.61. The monoisotopic (exact) mass is 475 g/mol. The van der Waals surface area contributed by atoms with Crippen molar-refractivity contribution in [3.63, 3.8) is 0 Å². The van der Waals surface area contributed by atoms with Crippen LogP contribution in [-0.2, 0) is 22.7 Å². The Hall–Kier alpha value is -2.50. The second-order valence-electron chi connectivity index (χ2n) is 7.26. The fourth-order valence-electron chi connectivity index (χ4n) is 3.51. The number of nitrogens with one attached hydrogen (secondary N) is 1. The minimum Gasteiger partial charge on any atom is -0.394 e. The van der Waals surface area contributed by atoms with Crippen molar-refractivity contribution in [3.05, 3.63) is 40.4 Å². The highest BCUT2D eigenvalue weighted by Crippen LogP contribution is 2.39. The van der Waals surface area contributed by atoms with Gasteiger partial charge in [0.15, 0.2) is 11.0 Å². The first-order valence-electron chi connectivity index (χ1n) is 9.97. The Morgan fingerprint density at radius 2 is 2.09 bits per heavy atom. The number of rotatable bonds is 8. The average Bonchev–Trinajstić information content (AvgIpc) is 2.77. The SMILES string of the molecule is Nc1nc(SCCC(=O)NCC(O)CO)nc(-c2c(Cl)cc3c4c(cccc24)COC3)n1. The Bertz CT molecular complexity index is 1160. The maximum atomic E-state index is 11.9. The first-order chi connectivity index (χ1) is 15.5. The molecular formula is C21H22ClN5O4S. The normalized spacial score (nSPS) is 13.8. The summed E-state index contributed by atoms with van der Waals surface area (Å²) in [5.74, 6) is 0.587. The molecule has 1 amide bonds. The lowest BCUT2D eigenvalue weighted by atomic mass is 9.94. The number of ether oxygens (including phenoxy) is 1. The number of carbonyl (C=O) groups is 1. The zero-order valence-corrected chi connectivity index (χ0v) is 18.6. The molecule has 4 rings (SSSR count). The summed E-state index contributed by atoms with van der Waals surface area (Å²) >= 11 is 7.89. The number of amides is 1. The van der Waals surface area contributed by atoms with E-state index >= 15 is 0 Å². The van der Waals surface area contributed by atoms with Gasteiger partial charge in [0.25, 0.3) is 0 Å². The Labute approximate surface area is 193 Å². The number of carbonyl (C=O) groups excluding carboxylic acids is 1. The second-order valence-corrected chi connectivity index (χ2v) is 8.73. The molecule has 0 fully saturated rings. The molecule has 0 radical (unpaired) electrons. The van der Waals surface area contributed by atoms with Crippen molar-refractivity contribution in [2.24, 2.45) is 0 Å². The van der Waals surface area contributed by atoms with Crippen molar-refractivity contribution in [2.75, 3.05) is 24.6 Å². The number of hydrogen-bond acceptors (Lipinski definition) is 9. The Kier molecular flexibility index (Phi) is 7.07. The molecule has 0 bridgehead atoms. The summed E-state index contributed by atoms with van der Waals surface area (Å²) in [5, 5.41) is 23.5. The van der Waals surface area contributed by atoms with E-state index in [0.29, 0.717) is 40.5 Å². The highest BCUT2D eigenvalue weighted by atomic mass is 35.5. The number of nitrogen functional groups attached to an aromatic ring is 1. The van der Waals surface area contributed by atoms with Gasteiger partial charge in [0.1, 0.15) is 0 Å². The lowest BCUT2D eigenvalue weighted by molar-refractivity contribution is -0.121. The van der Waals surface area contributed by atoms with Gasteiger partial charge in [-0.1, -0.05) is 41.6 Å². The van der Waals surface area contributed by atoms with Crippen molar-refractivity contribution in [2.45, 2.75) is 30.9 Å². The van der Waals surface area contributed by atoms with E-state index < -0.39 is 12.7 Å². The zero-order chi connectivity index (χ0) is 22.7. The quantitative estimate of drug-likeness (QED) is 0.359. The van der Waals surface area contributed by atoms with Crippen molar-refractivity contribution in [3.8, 4) is 11.4 Å². The molecule has 2 aromatic carbocycles. The highest BCUT2D eigenvalue weighted by Gasteiger charge is 2.21. The predicted molar refractivity (Wildman–Crippen MR) is 122 cm³/mol. The van der Waals surface area contributed by atoms with Crippen LogP contribution in [0.1, 0.15) is 17.5 Å². The van der Waals surface area contributed by atoms with E-state index in [1.165, 1.54) is 11.8 Å². The zero-order valence-electron chi connectivity index (χ0n) is 17.0. The van der Waals surface area contributed by atoms with Gasteiger partial charge in [-0.2, -0.15) is 9.97 Å². The number of hydrogen-bond donors (Lipinski definition) is 4. The van der Waals surface area contributed by atoms with Gasteiger partial charge in [0, 0.05) is 24.3 Å². The van der Waals surface area contributed by atoms with Crippen molar-refractivity contribution < 1.29 is 19.7 Å². The van der Waals surface area contributed by atoms with Gasteiger partial charge >= 0.3 is 0 Å². The maximum Gasteiger partial charge on any atom is 0.224 e. The van der Waals surface area contributed by atoms with Crippen LogP contribution in [-0.4, -0.2) is 56.1 Å². The number of nitrogens with two attached hydrogens (primary N) is 1. The lowest BCUT2D eigenvalue weighted by Gasteiger charge is -2.20. The summed E-state index contributed by atoms with van der Waals surface area (Å²) in [4.78, 5) is 24.9. The van der Waals surface area contributed by atoms with Crippen LogP contribution < -0.4 is 11.1 Å². The third-order valence-corrected chi connectivity index (χ3v) is 6.10. The molecule has 11 heteroatoms. The van der Waals surface area contributed by atoms with Crippen LogP contribution in [0.25, 0.3) is 22.2 Å². The van der Waals surface area contributed by atoms with E-state index in [1.807, 2.05) is 24.3 Å². The number of aromatic nitrogens is 3. The summed E-state index contributed by atoms with van der Waals surface area (Å²) in [6.07, 6.45) is -0.790. The number of aliphatic hydroxyl groups excluding tert-OH is 2. The summed E-state index contributed by atoms with van der Waals surface area (Å²) in [6, 6.07) is 7.82. The van der Waals surface area contributed by atoms with Crippen LogP contribution in [0.15, 0.2) is 29.4 Å². The maximum absolute atomic E-state index is 11.9. The fraction of sp³-hybridized carbons (Fsp3) is 0.333. The minimum absolute atomic E-state index is 0.00253. The number of nitrogens with zero attached hydrogens (tertiary/aromatic N) is 3. The van der Waals surface area contributed by atoms with Crippen LogP contribution in [0.4, 0.5) is 5.95 Å². The summed E-state index contributed by atoms with van der Waals surface area (Å²) < 4.78 is 5.64. The van der Waals surface area contributed by atoms with Crippen LogP contribution >= 0.6 is 23.4 Å². The summed E-state index contributed by atoms with van der Waals surface area (Å²) in [6.45, 7) is 0.612. The third kappa shape index (κ3) is 4.94. The van der Waals surface area contributed by atoms with E-state index in [-0.39, 0.29) is 24.8 Å². The molecule has 32 heavy (non-hydrogen) atoms. The second kappa shape index (κ2) is 9.97. The molecule has 1 aliphatic heterocycles. The molecule has 0 spiro atoms. The number of aliphatic hydroxyl groups is 2. The smallest absolute Gasteiger partial charge is 0.224 e. The molecular weight excluding hydrogens is 454 g/mol. The van der Waals surface area contributed by atoms with Gasteiger partial charge in [-0.25, -0.2) is 4.98 Å². The summed E-state index contributed by atoms with van der Waals surface area (Å²) in [7, 11) is 0. The largest absolute Gasteiger partial charge is 0.394 e. The molecule has 1 unspecified atom stereocenters. The average molecular weight is 476 g/mol. The molecule has 9 nitrogen and oxygen atoms in total. The van der Waals surface area contributed by atoms with Gasteiger partial charge < -0.3 is 26.0 Å². The lowest BCUT2D eigenvalue weighted by Crippen LogP contribution is -2.34. The Balaban J connectivity index is 1.56. The van der Waals surface area contributed by atoms with Crippen LogP contribution in [0, 0.1) is 0 Å². The van der Waals surface area contributed by atoms with E-state index in [9.17, 15) is 9.90 Å². The van der Waals surface area contributed by atoms with Crippen molar-refractivity contribution >= 4 is 46.0 Å². The molecule has 3 aromatic rings. The Morgan fingerprint density at radius 3 is 2.91 bits per heavy atom. The molecule has 0 aliphatic carbocycles. The number of halogens is 1. The first kappa shape index (κ1) is 22.7. The van der Waals surface area contributed by atoms with E-state index in [4.69, 9.17) is 27.2 Å². The van der Waals surface area contributed by atoms with Crippen LogP contribution in [0.2, 0.25) is 5.02 Å². The van der Waals surface area contributed by atoms with E-state index in [0.717, 1.165) is 21.9 Å². The molecule has 5 N–H and O–H groups in total. The molecule has 2 heterocycles. The molecule has 1 aliphatic rings.